The number of amides is 2. The van der Waals surface area contributed by atoms with Crippen LogP contribution in [0.1, 0.15) is 49.2 Å². The van der Waals surface area contributed by atoms with Crippen molar-refractivity contribution in [2.24, 2.45) is 9.50 Å². The number of carbonyl (C=O) groups is 1. The van der Waals surface area contributed by atoms with Crippen molar-refractivity contribution in [1.82, 2.24) is 9.97 Å². The lowest BCUT2D eigenvalue weighted by Crippen LogP contribution is -2.18. The highest BCUT2D eigenvalue weighted by molar-refractivity contribution is 7.93. The van der Waals surface area contributed by atoms with Crippen LogP contribution in [0, 0.1) is 5.82 Å². The molecule has 2 atom stereocenters. The van der Waals surface area contributed by atoms with Gasteiger partial charge < -0.3 is 15.2 Å². The molecule has 0 radical (unpaired) electrons. The number of urea groups is 1. The molecule has 1 aliphatic carbocycles. The van der Waals surface area contributed by atoms with Gasteiger partial charge in [0.15, 0.2) is 19.9 Å². The summed E-state index contributed by atoms with van der Waals surface area (Å²) in [5.41, 5.74) is 2.13. The standard InChI is InChI=1S/C23H26FN5O4S2/c1-12-5-6-14-19(12)27-11-15(13-7-8-26-18(9-13)33-4)20(14)28-22(30)29-35(25,32)21-16(24)10-17(34-21)23(2,3)31/h7-12,31H,5-6H2,1-4H3,(H3,25,27,28,29,30,32). The van der Waals surface area contributed by atoms with Crippen LogP contribution in [0.15, 0.2) is 39.2 Å². The number of methoxy groups -OCH3 is 1. The van der Waals surface area contributed by atoms with E-state index in [1.165, 1.54) is 21.0 Å². The van der Waals surface area contributed by atoms with Crippen molar-refractivity contribution >= 4 is 33.0 Å². The molecule has 1 aliphatic rings. The summed E-state index contributed by atoms with van der Waals surface area (Å²) in [4.78, 5) is 21.9. The fraction of sp³-hybridized carbons (Fsp3) is 0.348. The first-order valence-corrected chi connectivity index (χ1v) is 13.2. The highest BCUT2D eigenvalue weighted by Crippen LogP contribution is 2.41. The number of aromatic nitrogens is 2. The minimum atomic E-state index is -3.91. The predicted molar refractivity (Wildman–Crippen MR) is 132 cm³/mol. The summed E-state index contributed by atoms with van der Waals surface area (Å²) in [6, 6.07) is 3.53. The van der Waals surface area contributed by atoms with Crippen molar-refractivity contribution < 1.29 is 23.2 Å². The zero-order valence-electron chi connectivity index (χ0n) is 19.7. The molecule has 9 nitrogen and oxygen atoms in total. The number of pyridine rings is 2. The highest BCUT2D eigenvalue weighted by Gasteiger charge is 2.28. The second-order valence-corrected chi connectivity index (χ2v) is 11.9. The van der Waals surface area contributed by atoms with Gasteiger partial charge in [0.05, 0.1) is 18.4 Å². The largest absolute Gasteiger partial charge is 0.481 e. The van der Waals surface area contributed by atoms with E-state index in [0.717, 1.165) is 23.7 Å². The maximum Gasteiger partial charge on any atom is 0.354 e. The van der Waals surface area contributed by atoms with Gasteiger partial charge >= 0.3 is 6.03 Å². The summed E-state index contributed by atoms with van der Waals surface area (Å²) in [5, 5.41) is 18.7. The van der Waals surface area contributed by atoms with Gasteiger partial charge in [-0.05, 0) is 55.9 Å². The lowest BCUT2D eigenvalue weighted by molar-refractivity contribution is 0.0823. The second-order valence-electron chi connectivity index (χ2n) is 8.83. The maximum absolute atomic E-state index is 14.5. The normalized spacial score (nSPS) is 16.9. The number of hydrogen-bond acceptors (Lipinski definition) is 7. The van der Waals surface area contributed by atoms with Crippen molar-refractivity contribution in [2.75, 3.05) is 12.4 Å². The highest BCUT2D eigenvalue weighted by atomic mass is 32.2. The third-order valence-electron chi connectivity index (χ3n) is 5.74. The Kier molecular flexibility index (Phi) is 6.66. The fourth-order valence-corrected chi connectivity index (χ4v) is 6.28. The molecule has 0 saturated carbocycles. The average Bonchev–Trinajstić information content (AvgIpc) is 3.37. The van der Waals surface area contributed by atoms with Crippen LogP contribution in [0.2, 0.25) is 0 Å². The molecule has 0 aromatic carbocycles. The molecule has 35 heavy (non-hydrogen) atoms. The molecule has 2 unspecified atom stereocenters. The van der Waals surface area contributed by atoms with Crippen LogP contribution in [-0.4, -0.2) is 32.4 Å². The van der Waals surface area contributed by atoms with Crippen LogP contribution in [-0.2, 0) is 21.9 Å². The Labute approximate surface area is 206 Å². The third kappa shape index (κ3) is 5.06. The number of ether oxygens (including phenoxy) is 1. The Morgan fingerprint density at radius 2 is 2.14 bits per heavy atom. The van der Waals surface area contributed by atoms with Gasteiger partial charge in [-0.25, -0.2) is 23.5 Å². The molecule has 4 N–H and O–H groups in total. The van der Waals surface area contributed by atoms with Crippen LogP contribution < -0.4 is 15.2 Å². The first-order valence-electron chi connectivity index (χ1n) is 10.8. The summed E-state index contributed by atoms with van der Waals surface area (Å²) in [7, 11) is -2.41. The van der Waals surface area contributed by atoms with E-state index in [-0.39, 0.29) is 10.8 Å². The predicted octanol–water partition coefficient (Wildman–Crippen LogP) is 4.56. The summed E-state index contributed by atoms with van der Waals surface area (Å²) < 4.78 is 36.0. The number of carbonyl (C=O) groups excluding carboxylic acids is 1. The average molecular weight is 520 g/mol. The summed E-state index contributed by atoms with van der Waals surface area (Å²) >= 11 is 0.716. The number of fused-ring (bicyclic) bond motifs is 1. The number of nitrogens with two attached hydrogens (primary N) is 1. The summed E-state index contributed by atoms with van der Waals surface area (Å²) in [6.07, 6.45) is 4.77. The Morgan fingerprint density at radius 1 is 1.40 bits per heavy atom. The second kappa shape index (κ2) is 9.26. The van der Waals surface area contributed by atoms with E-state index in [2.05, 4.69) is 26.6 Å². The van der Waals surface area contributed by atoms with E-state index >= 15 is 0 Å². The quantitative estimate of drug-likeness (QED) is 0.451. The van der Waals surface area contributed by atoms with Gasteiger partial charge in [0.1, 0.15) is 0 Å². The molecule has 186 valence electrons. The number of halogens is 1. The Bertz CT molecular complexity index is 1420. The van der Waals surface area contributed by atoms with E-state index < -0.39 is 31.6 Å². The molecule has 0 saturated heterocycles. The maximum atomic E-state index is 14.5. The van der Waals surface area contributed by atoms with Gasteiger partial charge in [-0.15, -0.1) is 15.7 Å². The van der Waals surface area contributed by atoms with E-state index in [4.69, 9.17) is 9.88 Å². The minimum absolute atomic E-state index is 0.206. The van der Waals surface area contributed by atoms with Crippen molar-refractivity contribution in [3.8, 4) is 17.0 Å². The topological polar surface area (TPSA) is 140 Å². The molecule has 2 amide bonds. The fourth-order valence-electron chi connectivity index (χ4n) is 3.94. The van der Waals surface area contributed by atoms with Gasteiger partial charge in [-0.2, -0.15) is 0 Å². The van der Waals surface area contributed by atoms with Gasteiger partial charge in [-0.3, -0.25) is 4.98 Å². The van der Waals surface area contributed by atoms with E-state index in [1.54, 1.807) is 24.5 Å². The smallest absolute Gasteiger partial charge is 0.354 e. The molecule has 3 aromatic rings. The van der Waals surface area contributed by atoms with Crippen molar-refractivity contribution in [1.29, 1.82) is 0 Å². The van der Waals surface area contributed by atoms with Gasteiger partial charge in [-0.1, -0.05) is 6.92 Å². The van der Waals surface area contributed by atoms with Crippen LogP contribution >= 0.6 is 11.3 Å². The molecule has 0 aliphatic heterocycles. The molecule has 3 heterocycles. The van der Waals surface area contributed by atoms with E-state index in [1.807, 2.05) is 0 Å². The van der Waals surface area contributed by atoms with Crippen molar-refractivity contribution in [3.63, 3.8) is 0 Å². The first kappa shape index (κ1) is 25.2. The SMILES string of the molecule is COc1cc(-c2cnc3c(c2NC(=O)N=S(N)(=O)c2sc(C(C)(C)O)cc2F)CCC3C)ccn1. The lowest BCUT2D eigenvalue weighted by Gasteiger charge is -2.16. The van der Waals surface area contributed by atoms with Gasteiger partial charge in [0.2, 0.25) is 5.88 Å². The zero-order valence-corrected chi connectivity index (χ0v) is 21.3. The Morgan fingerprint density at radius 3 is 2.80 bits per heavy atom. The van der Waals surface area contributed by atoms with Gasteiger partial charge in [0, 0.05) is 34.6 Å². The van der Waals surface area contributed by atoms with Gasteiger partial charge in [0.25, 0.3) is 0 Å². The number of nitrogens with zero attached hydrogens (tertiary/aromatic N) is 3. The zero-order chi connectivity index (χ0) is 25.5. The van der Waals surface area contributed by atoms with Crippen LogP contribution in [0.5, 0.6) is 5.88 Å². The minimum Gasteiger partial charge on any atom is -0.481 e. The van der Waals surface area contributed by atoms with E-state index in [0.29, 0.717) is 40.5 Å². The first-order chi connectivity index (χ1) is 16.4. The summed E-state index contributed by atoms with van der Waals surface area (Å²) in [5.74, 6) is -0.295. The molecule has 0 bridgehead atoms. The van der Waals surface area contributed by atoms with Crippen LogP contribution in [0.3, 0.4) is 0 Å². The molecule has 0 fully saturated rings. The number of rotatable bonds is 5. The number of aliphatic hydroxyl groups is 1. The lowest BCUT2D eigenvalue weighted by atomic mass is 10.0. The molecular formula is C23H26FN5O4S2. The van der Waals surface area contributed by atoms with E-state index in [9.17, 15) is 18.5 Å². The van der Waals surface area contributed by atoms with Crippen LogP contribution in [0.4, 0.5) is 14.9 Å². The van der Waals surface area contributed by atoms with Crippen LogP contribution in [0.25, 0.3) is 11.1 Å². The molecule has 12 heteroatoms. The molecular weight excluding hydrogens is 493 g/mol. The summed E-state index contributed by atoms with van der Waals surface area (Å²) in [6.45, 7) is 4.98. The monoisotopic (exact) mass is 519 g/mol. The Balaban J connectivity index is 1.76. The van der Waals surface area contributed by atoms with Crippen molar-refractivity contribution in [2.45, 2.75) is 49.3 Å². The third-order valence-corrected chi connectivity index (χ3v) is 9.08. The number of anilines is 1. The number of nitrogens with one attached hydrogen (secondary N) is 1. The Hall–Kier alpha value is -2.93. The molecule has 3 aromatic heterocycles. The molecule has 0 spiro atoms. The number of thiophene rings is 1. The van der Waals surface area contributed by atoms with Crippen molar-refractivity contribution in [3.05, 3.63) is 52.5 Å². The molecule has 4 rings (SSSR count). The number of hydrogen-bond donors (Lipinski definition) is 3.